The molecule has 0 saturated heterocycles. The molecule has 0 aromatic heterocycles. The first-order valence-electron chi connectivity index (χ1n) is 4.75. The Morgan fingerprint density at radius 3 is 2.69 bits per heavy atom. The van der Waals surface area contributed by atoms with Gasteiger partial charge < -0.3 is 9.84 Å². The van der Waals surface area contributed by atoms with Crippen molar-refractivity contribution in [2.75, 3.05) is 19.5 Å². The molecule has 0 heterocycles. The molecular formula is C9H17NO5S. The van der Waals surface area contributed by atoms with E-state index in [1.807, 2.05) is 0 Å². The minimum atomic E-state index is -3.58. The third-order valence-electron chi connectivity index (χ3n) is 1.78. The average molecular weight is 251 g/mol. The Kier molecular flexibility index (Phi) is 6.95. The van der Waals surface area contributed by atoms with Crippen molar-refractivity contribution in [1.29, 1.82) is 0 Å². The molecule has 16 heavy (non-hydrogen) atoms. The number of rotatable bonds is 9. The maximum atomic E-state index is 11.4. The molecule has 0 spiro atoms. The number of aliphatic carboxylic acids is 1. The summed E-state index contributed by atoms with van der Waals surface area (Å²) in [5.74, 6) is -1.36. The van der Waals surface area contributed by atoms with Crippen molar-refractivity contribution in [3.63, 3.8) is 0 Å². The molecule has 0 saturated carbocycles. The number of carbonyl (C=O) groups is 1. The Balaban J connectivity index is 4.30. The van der Waals surface area contributed by atoms with Crippen LogP contribution in [0.3, 0.4) is 0 Å². The van der Waals surface area contributed by atoms with Gasteiger partial charge in [-0.1, -0.05) is 6.08 Å². The second kappa shape index (κ2) is 7.37. The third-order valence-corrected chi connectivity index (χ3v) is 3.25. The van der Waals surface area contributed by atoms with Crippen LogP contribution in [0.15, 0.2) is 12.7 Å². The average Bonchev–Trinajstić information content (AvgIpc) is 2.17. The SMILES string of the molecule is C=CCC(NS(=O)(=O)CCCOC)C(=O)O. The van der Waals surface area contributed by atoms with E-state index in [-0.39, 0.29) is 12.2 Å². The van der Waals surface area contributed by atoms with E-state index >= 15 is 0 Å². The van der Waals surface area contributed by atoms with E-state index < -0.39 is 22.0 Å². The van der Waals surface area contributed by atoms with E-state index in [0.717, 1.165) is 0 Å². The molecule has 0 aliphatic rings. The van der Waals surface area contributed by atoms with Crippen LogP contribution in [0.4, 0.5) is 0 Å². The Morgan fingerprint density at radius 2 is 2.25 bits per heavy atom. The Morgan fingerprint density at radius 1 is 1.62 bits per heavy atom. The van der Waals surface area contributed by atoms with E-state index in [1.54, 1.807) is 0 Å². The van der Waals surface area contributed by atoms with Crippen molar-refractivity contribution < 1.29 is 23.1 Å². The van der Waals surface area contributed by atoms with Gasteiger partial charge in [-0.15, -0.1) is 6.58 Å². The Hall–Kier alpha value is -0.920. The summed E-state index contributed by atoms with van der Waals surface area (Å²) in [5.41, 5.74) is 0. The number of sulfonamides is 1. The smallest absolute Gasteiger partial charge is 0.322 e. The number of hydrogen-bond donors (Lipinski definition) is 2. The zero-order valence-electron chi connectivity index (χ0n) is 9.18. The van der Waals surface area contributed by atoms with Gasteiger partial charge >= 0.3 is 5.97 Å². The van der Waals surface area contributed by atoms with Crippen LogP contribution < -0.4 is 4.72 Å². The second-order valence-corrected chi connectivity index (χ2v) is 5.07. The van der Waals surface area contributed by atoms with Crippen LogP contribution in [0.2, 0.25) is 0 Å². The van der Waals surface area contributed by atoms with E-state index in [0.29, 0.717) is 13.0 Å². The maximum Gasteiger partial charge on any atom is 0.322 e. The van der Waals surface area contributed by atoms with Crippen LogP contribution >= 0.6 is 0 Å². The van der Waals surface area contributed by atoms with Crippen molar-refractivity contribution in [3.05, 3.63) is 12.7 Å². The van der Waals surface area contributed by atoms with Crippen LogP contribution in [-0.4, -0.2) is 45.0 Å². The normalized spacial score (nSPS) is 13.3. The summed E-state index contributed by atoms with van der Waals surface area (Å²) >= 11 is 0. The summed E-state index contributed by atoms with van der Waals surface area (Å²) in [6.07, 6.45) is 1.74. The van der Waals surface area contributed by atoms with Gasteiger partial charge in [0.1, 0.15) is 6.04 Å². The molecule has 0 rings (SSSR count). The van der Waals surface area contributed by atoms with E-state index in [1.165, 1.54) is 13.2 Å². The number of methoxy groups -OCH3 is 1. The predicted octanol–water partition coefficient (Wildman–Crippen LogP) is -0.0284. The molecule has 0 bridgehead atoms. The van der Waals surface area contributed by atoms with Gasteiger partial charge in [0.2, 0.25) is 10.0 Å². The maximum absolute atomic E-state index is 11.4. The lowest BCUT2D eigenvalue weighted by atomic mass is 10.2. The minimum Gasteiger partial charge on any atom is -0.480 e. The van der Waals surface area contributed by atoms with E-state index in [2.05, 4.69) is 11.3 Å². The fourth-order valence-corrected chi connectivity index (χ4v) is 2.28. The van der Waals surface area contributed by atoms with Gasteiger partial charge in [-0.2, -0.15) is 0 Å². The highest BCUT2D eigenvalue weighted by molar-refractivity contribution is 7.89. The molecule has 1 unspecified atom stereocenters. The molecule has 0 aliphatic carbocycles. The van der Waals surface area contributed by atoms with Gasteiger partial charge in [-0.25, -0.2) is 13.1 Å². The van der Waals surface area contributed by atoms with Crippen LogP contribution in [0.5, 0.6) is 0 Å². The molecule has 1 atom stereocenters. The highest BCUT2D eigenvalue weighted by atomic mass is 32.2. The van der Waals surface area contributed by atoms with Crippen molar-refractivity contribution in [3.8, 4) is 0 Å². The van der Waals surface area contributed by atoms with Gasteiger partial charge in [0.15, 0.2) is 0 Å². The summed E-state index contributed by atoms with van der Waals surface area (Å²) < 4.78 is 29.7. The third kappa shape index (κ3) is 6.54. The number of carboxylic acid groups (broad SMARTS) is 1. The fourth-order valence-electron chi connectivity index (χ4n) is 1.03. The van der Waals surface area contributed by atoms with Gasteiger partial charge in [0.05, 0.1) is 5.75 Å². The first-order chi connectivity index (χ1) is 7.43. The molecule has 7 heteroatoms. The summed E-state index contributed by atoms with van der Waals surface area (Å²) in [6.45, 7) is 3.69. The molecule has 0 amide bonds. The zero-order chi connectivity index (χ0) is 12.6. The lowest BCUT2D eigenvalue weighted by Crippen LogP contribution is -2.41. The Labute approximate surface area is 95.3 Å². The highest BCUT2D eigenvalue weighted by Crippen LogP contribution is 1.98. The summed E-state index contributed by atoms with van der Waals surface area (Å²) in [7, 11) is -2.11. The number of ether oxygens (including phenoxy) is 1. The van der Waals surface area contributed by atoms with Crippen molar-refractivity contribution in [2.24, 2.45) is 0 Å². The second-order valence-electron chi connectivity index (χ2n) is 3.20. The summed E-state index contributed by atoms with van der Waals surface area (Å²) in [4.78, 5) is 10.7. The van der Waals surface area contributed by atoms with Gasteiger partial charge in [0, 0.05) is 13.7 Å². The quantitative estimate of drug-likeness (QED) is 0.443. The monoisotopic (exact) mass is 251 g/mol. The molecule has 0 aromatic rings. The standard InChI is InChI=1S/C9H17NO5S/c1-3-5-8(9(11)12)10-16(13,14)7-4-6-15-2/h3,8,10H,1,4-7H2,2H3,(H,11,12). The van der Waals surface area contributed by atoms with Crippen molar-refractivity contribution in [1.82, 2.24) is 4.72 Å². The van der Waals surface area contributed by atoms with Crippen molar-refractivity contribution >= 4 is 16.0 Å². The molecule has 2 N–H and O–H groups in total. The van der Waals surface area contributed by atoms with E-state index in [4.69, 9.17) is 9.84 Å². The molecular weight excluding hydrogens is 234 g/mol. The molecule has 0 aliphatic heterocycles. The largest absolute Gasteiger partial charge is 0.480 e. The number of nitrogens with one attached hydrogen (secondary N) is 1. The van der Waals surface area contributed by atoms with Gasteiger partial charge in [-0.3, -0.25) is 4.79 Å². The first-order valence-corrected chi connectivity index (χ1v) is 6.41. The molecule has 6 nitrogen and oxygen atoms in total. The zero-order valence-corrected chi connectivity index (χ0v) is 10.00. The molecule has 0 fully saturated rings. The van der Waals surface area contributed by atoms with Crippen LogP contribution in [0, 0.1) is 0 Å². The predicted molar refractivity (Wildman–Crippen MR) is 59.7 cm³/mol. The van der Waals surface area contributed by atoms with E-state index in [9.17, 15) is 13.2 Å². The van der Waals surface area contributed by atoms with Crippen LogP contribution in [0.1, 0.15) is 12.8 Å². The first kappa shape index (κ1) is 15.1. The fraction of sp³-hybridized carbons (Fsp3) is 0.667. The number of hydrogen-bond acceptors (Lipinski definition) is 4. The topological polar surface area (TPSA) is 92.7 Å². The highest BCUT2D eigenvalue weighted by Gasteiger charge is 2.22. The lowest BCUT2D eigenvalue weighted by molar-refractivity contribution is -0.138. The van der Waals surface area contributed by atoms with Gasteiger partial charge in [-0.05, 0) is 12.8 Å². The number of carboxylic acids is 1. The van der Waals surface area contributed by atoms with Gasteiger partial charge in [0.25, 0.3) is 0 Å². The molecule has 0 aromatic carbocycles. The minimum absolute atomic E-state index is 0.0544. The Bertz CT molecular complexity index is 325. The molecule has 94 valence electrons. The van der Waals surface area contributed by atoms with Crippen LogP contribution in [-0.2, 0) is 19.6 Å². The van der Waals surface area contributed by atoms with Crippen LogP contribution in [0.25, 0.3) is 0 Å². The summed E-state index contributed by atoms with van der Waals surface area (Å²) in [5, 5.41) is 8.74. The lowest BCUT2D eigenvalue weighted by Gasteiger charge is -2.12. The van der Waals surface area contributed by atoms with Crippen molar-refractivity contribution in [2.45, 2.75) is 18.9 Å². The molecule has 0 radical (unpaired) electrons. The summed E-state index contributed by atoms with van der Waals surface area (Å²) in [6, 6.07) is -1.15.